The van der Waals surface area contributed by atoms with Crippen LogP contribution in [0.3, 0.4) is 0 Å². The second-order valence-corrected chi connectivity index (χ2v) is 7.50. The molecule has 1 saturated heterocycles. The summed E-state index contributed by atoms with van der Waals surface area (Å²) in [6.45, 7) is 3.69. The Morgan fingerprint density at radius 2 is 1.97 bits per heavy atom. The topological polar surface area (TPSA) is 97.3 Å². The van der Waals surface area contributed by atoms with Crippen LogP contribution in [0.1, 0.15) is 10.4 Å². The lowest BCUT2D eigenvalue weighted by Gasteiger charge is -2.30. The van der Waals surface area contributed by atoms with Gasteiger partial charge in [-0.15, -0.1) is 0 Å². The van der Waals surface area contributed by atoms with Crippen molar-refractivity contribution >= 4 is 39.3 Å². The number of hydrogen-bond donors (Lipinski definition) is 2. The first-order valence-corrected chi connectivity index (χ1v) is 9.84. The number of benzene rings is 2. The highest BCUT2D eigenvalue weighted by atomic mass is 16.4. The summed E-state index contributed by atoms with van der Waals surface area (Å²) in [5, 5.41) is 11.8. The normalized spacial score (nSPS) is 14.5. The van der Waals surface area contributed by atoms with Gasteiger partial charge in [0.2, 0.25) is 0 Å². The maximum atomic E-state index is 13.1. The molecule has 1 fully saturated rings. The summed E-state index contributed by atoms with van der Waals surface area (Å²) in [6, 6.07) is 8.96. The van der Waals surface area contributed by atoms with Crippen molar-refractivity contribution in [3.05, 3.63) is 52.6 Å². The monoisotopic (exact) mass is 406 g/mol. The van der Waals surface area contributed by atoms with Crippen LogP contribution in [0.2, 0.25) is 0 Å². The molecule has 0 atom stereocenters. The lowest BCUT2D eigenvalue weighted by atomic mass is 10.1. The van der Waals surface area contributed by atoms with E-state index < -0.39 is 5.76 Å². The second kappa shape index (κ2) is 7.03. The average Bonchev–Trinajstić information content (AvgIpc) is 3.26. The zero-order valence-corrected chi connectivity index (χ0v) is 16.8. The van der Waals surface area contributed by atoms with Gasteiger partial charge in [0.1, 0.15) is 5.52 Å². The Kier molecular flexibility index (Phi) is 4.32. The van der Waals surface area contributed by atoms with Gasteiger partial charge in [0.25, 0.3) is 5.91 Å². The minimum Gasteiger partial charge on any atom is -0.408 e. The van der Waals surface area contributed by atoms with Gasteiger partial charge in [-0.1, -0.05) is 0 Å². The molecule has 1 aliphatic rings. The molecule has 0 unspecified atom stereocenters. The quantitative estimate of drug-likeness (QED) is 0.537. The summed E-state index contributed by atoms with van der Waals surface area (Å²) in [6.07, 6.45) is 1.95. The number of amides is 1. The zero-order valence-electron chi connectivity index (χ0n) is 16.8. The molecule has 1 aliphatic heterocycles. The third-order valence-corrected chi connectivity index (χ3v) is 5.52. The molecule has 5 rings (SSSR count). The Morgan fingerprint density at radius 1 is 1.17 bits per heavy atom. The predicted octanol–water partition coefficient (Wildman–Crippen LogP) is 1.68. The molecule has 3 heterocycles. The molecule has 9 nitrogen and oxygen atoms in total. The lowest BCUT2D eigenvalue weighted by Crippen LogP contribution is -2.43. The third-order valence-electron chi connectivity index (χ3n) is 5.52. The number of hydrogen-bond acceptors (Lipinski definition) is 6. The van der Waals surface area contributed by atoms with Crippen LogP contribution in [0.5, 0.6) is 0 Å². The SMILES string of the molecule is Cn1cc2c(N3CCNCC3)ccc(C(=O)Nc3ccc4c(c3)oc(=O)n4C)c2n1. The van der Waals surface area contributed by atoms with E-state index in [2.05, 4.69) is 20.6 Å². The number of carbonyl (C=O) groups is 1. The zero-order chi connectivity index (χ0) is 20.8. The molecule has 4 aromatic rings. The van der Waals surface area contributed by atoms with E-state index in [0.717, 1.165) is 37.3 Å². The molecule has 2 aromatic carbocycles. The van der Waals surface area contributed by atoms with Gasteiger partial charge in [-0.2, -0.15) is 5.10 Å². The van der Waals surface area contributed by atoms with E-state index in [1.54, 1.807) is 29.9 Å². The average molecular weight is 406 g/mol. The Morgan fingerprint density at radius 3 is 2.77 bits per heavy atom. The van der Waals surface area contributed by atoms with Gasteiger partial charge < -0.3 is 20.0 Å². The minimum atomic E-state index is -0.438. The summed E-state index contributed by atoms with van der Waals surface area (Å²) in [5.41, 5.74) is 3.90. The largest absolute Gasteiger partial charge is 0.419 e. The highest BCUT2D eigenvalue weighted by molar-refractivity contribution is 6.14. The number of piperazine rings is 1. The van der Waals surface area contributed by atoms with Crippen molar-refractivity contribution in [2.75, 3.05) is 36.4 Å². The van der Waals surface area contributed by atoms with E-state index in [1.165, 1.54) is 4.57 Å². The van der Waals surface area contributed by atoms with Crippen molar-refractivity contribution in [2.24, 2.45) is 14.1 Å². The maximum absolute atomic E-state index is 13.1. The summed E-state index contributed by atoms with van der Waals surface area (Å²) < 4.78 is 8.37. The van der Waals surface area contributed by atoms with Gasteiger partial charge in [-0.3, -0.25) is 14.0 Å². The summed E-state index contributed by atoms with van der Waals surface area (Å²) in [7, 11) is 3.50. The van der Waals surface area contributed by atoms with Crippen molar-refractivity contribution < 1.29 is 9.21 Å². The van der Waals surface area contributed by atoms with Crippen LogP contribution in [-0.2, 0) is 14.1 Å². The van der Waals surface area contributed by atoms with E-state index >= 15 is 0 Å². The molecule has 30 heavy (non-hydrogen) atoms. The van der Waals surface area contributed by atoms with Crippen LogP contribution in [0.25, 0.3) is 22.0 Å². The standard InChI is InChI=1S/C21H22N6O3/c1-25-12-15-16(27-9-7-22-8-10-27)6-4-14(19(15)24-25)20(28)23-13-3-5-17-18(11-13)30-21(29)26(17)2/h3-6,11-12,22H,7-10H2,1-2H3,(H,23,28). The van der Waals surface area contributed by atoms with Gasteiger partial charge in [0.15, 0.2) is 5.58 Å². The highest BCUT2D eigenvalue weighted by Crippen LogP contribution is 2.30. The van der Waals surface area contributed by atoms with Crippen molar-refractivity contribution in [3.63, 3.8) is 0 Å². The Labute approximate surface area is 171 Å². The molecular weight excluding hydrogens is 384 g/mol. The lowest BCUT2D eigenvalue weighted by molar-refractivity contribution is 0.102. The van der Waals surface area contributed by atoms with Crippen molar-refractivity contribution in [1.29, 1.82) is 0 Å². The number of rotatable bonds is 3. The first kappa shape index (κ1) is 18.4. The van der Waals surface area contributed by atoms with E-state index in [4.69, 9.17) is 4.42 Å². The Hall–Kier alpha value is -3.59. The number of nitrogens with zero attached hydrogens (tertiary/aromatic N) is 4. The van der Waals surface area contributed by atoms with E-state index in [0.29, 0.717) is 27.9 Å². The maximum Gasteiger partial charge on any atom is 0.419 e. The number of oxazole rings is 1. The van der Waals surface area contributed by atoms with Crippen LogP contribution in [0.4, 0.5) is 11.4 Å². The second-order valence-electron chi connectivity index (χ2n) is 7.50. The smallest absolute Gasteiger partial charge is 0.408 e. The molecule has 0 spiro atoms. The molecular formula is C21H22N6O3. The van der Waals surface area contributed by atoms with Gasteiger partial charge >= 0.3 is 5.76 Å². The fourth-order valence-corrected chi connectivity index (χ4v) is 3.98. The number of aryl methyl sites for hydroxylation is 2. The van der Waals surface area contributed by atoms with Gasteiger partial charge in [0, 0.05) is 69.3 Å². The minimum absolute atomic E-state index is 0.261. The summed E-state index contributed by atoms with van der Waals surface area (Å²) in [5.74, 6) is -0.699. The molecule has 2 N–H and O–H groups in total. The number of nitrogens with one attached hydrogen (secondary N) is 2. The number of anilines is 2. The Balaban J connectivity index is 1.50. The molecule has 154 valence electrons. The van der Waals surface area contributed by atoms with Crippen LogP contribution >= 0.6 is 0 Å². The van der Waals surface area contributed by atoms with Crippen LogP contribution in [0.15, 0.2) is 45.7 Å². The van der Waals surface area contributed by atoms with E-state index in [-0.39, 0.29) is 5.91 Å². The van der Waals surface area contributed by atoms with Gasteiger partial charge in [0.05, 0.1) is 11.1 Å². The molecule has 0 saturated carbocycles. The number of fused-ring (bicyclic) bond motifs is 2. The van der Waals surface area contributed by atoms with Crippen molar-refractivity contribution in [3.8, 4) is 0 Å². The van der Waals surface area contributed by atoms with Crippen molar-refractivity contribution in [1.82, 2.24) is 19.7 Å². The van der Waals surface area contributed by atoms with Crippen LogP contribution < -0.4 is 21.3 Å². The number of carbonyl (C=O) groups excluding carboxylic acids is 1. The van der Waals surface area contributed by atoms with E-state index in [1.807, 2.05) is 25.4 Å². The predicted molar refractivity (Wildman–Crippen MR) is 115 cm³/mol. The molecule has 2 aromatic heterocycles. The first-order chi connectivity index (χ1) is 14.5. The molecule has 9 heteroatoms. The third kappa shape index (κ3) is 3.03. The van der Waals surface area contributed by atoms with Crippen LogP contribution in [0, 0.1) is 0 Å². The summed E-state index contributed by atoms with van der Waals surface area (Å²) in [4.78, 5) is 27.1. The summed E-state index contributed by atoms with van der Waals surface area (Å²) >= 11 is 0. The molecule has 0 bridgehead atoms. The first-order valence-electron chi connectivity index (χ1n) is 9.84. The molecule has 1 amide bonds. The molecule has 0 radical (unpaired) electrons. The van der Waals surface area contributed by atoms with Gasteiger partial charge in [-0.25, -0.2) is 4.79 Å². The molecule has 0 aliphatic carbocycles. The number of aromatic nitrogens is 3. The van der Waals surface area contributed by atoms with Crippen molar-refractivity contribution in [2.45, 2.75) is 0 Å². The van der Waals surface area contributed by atoms with Gasteiger partial charge in [-0.05, 0) is 24.3 Å². The Bertz CT molecular complexity index is 1330. The fraction of sp³-hybridized carbons (Fsp3) is 0.286. The van der Waals surface area contributed by atoms with Crippen LogP contribution in [-0.4, -0.2) is 46.4 Å². The highest BCUT2D eigenvalue weighted by Gasteiger charge is 2.20. The van der Waals surface area contributed by atoms with E-state index in [9.17, 15) is 9.59 Å². The fourth-order valence-electron chi connectivity index (χ4n) is 3.98.